The first-order valence-corrected chi connectivity index (χ1v) is 30.2. The number of hydrogen-bond acceptors (Lipinski definition) is 7. The second kappa shape index (κ2) is 24.0. The van der Waals surface area contributed by atoms with E-state index in [1.54, 1.807) is 0 Å². The molecule has 0 spiro atoms. The third-order valence-corrected chi connectivity index (χ3v) is 18.0. The number of aryl methyl sites for hydroxylation is 1. The molecule has 0 radical (unpaired) electrons. The highest BCUT2D eigenvalue weighted by Gasteiger charge is 2.46. The summed E-state index contributed by atoms with van der Waals surface area (Å²) in [6.07, 6.45) is 0.499. The Hall–Kier alpha value is -10.1. The van der Waals surface area contributed by atoms with Crippen molar-refractivity contribution < 1.29 is 18.9 Å². The number of ether oxygens (including phenoxy) is 4. The first-order valence-electron chi connectivity index (χ1n) is 30.2. The molecule has 0 fully saturated rings. The molecule has 0 heterocycles. The topological polar surface area (TPSA) is 108 Å². The van der Waals surface area contributed by atoms with Gasteiger partial charge in [-0.3, -0.25) is 0 Å². The van der Waals surface area contributed by atoms with Crippen molar-refractivity contribution in [1.82, 2.24) is 0 Å². The molecule has 0 saturated heterocycles. The number of benzene rings is 10. The summed E-state index contributed by atoms with van der Waals surface area (Å²) in [5, 5.41) is 30.7. The van der Waals surface area contributed by atoms with Crippen molar-refractivity contribution in [2.24, 2.45) is 0 Å². The van der Waals surface area contributed by atoms with Crippen LogP contribution in [0.25, 0.3) is 11.1 Å². The van der Waals surface area contributed by atoms with E-state index in [0.29, 0.717) is 59.3 Å². The first-order chi connectivity index (χ1) is 42.3. The van der Waals surface area contributed by atoms with Gasteiger partial charge in [0, 0.05) is 22.7 Å². The summed E-state index contributed by atoms with van der Waals surface area (Å²) in [6.45, 7) is 22.3. The van der Waals surface area contributed by atoms with Crippen molar-refractivity contribution in [3.05, 3.63) is 308 Å². The minimum atomic E-state index is -0.641. The zero-order valence-corrected chi connectivity index (χ0v) is 52.0. The molecule has 0 unspecified atom stereocenters. The quantitative estimate of drug-likeness (QED) is 0.0842. The van der Waals surface area contributed by atoms with Gasteiger partial charge in [0.2, 0.25) is 0 Å². The Kier molecular flexibility index (Phi) is 16.2. The van der Waals surface area contributed by atoms with Crippen LogP contribution in [-0.2, 0) is 33.5 Å². The fraction of sp³-hybridized carbons (Fsp3) is 0.222. The third kappa shape index (κ3) is 11.3. The van der Waals surface area contributed by atoms with Crippen LogP contribution < -0.4 is 18.9 Å². The van der Waals surface area contributed by atoms with Gasteiger partial charge in [-0.05, 0) is 151 Å². The SMILES string of the molecule is Cc1cccc(C(C)(C)COc2ccc(C(C)(C)c3cccc(C(C)(C)c4ccc(Oc5cccc(CCOc6ccc(C7(c8ccc(Oc9cccc(C(C)(C)C)c9C#N)cc8)c8ccccc8-c8ccccc87)cc6)c5C#N)cc4)c3)cc2)c1C#N. The molecule has 0 atom stereocenters. The summed E-state index contributed by atoms with van der Waals surface area (Å²) in [4.78, 5) is 0. The highest BCUT2D eigenvalue weighted by molar-refractivity contribution is 5.86. The summed E-state index contributed by atoms with van der Waals surface area (Å²) >= 11 is 0. The minimum absolute atomic E-state index is 0.220. The van der Waals surface area contributed by atoms with E-state index in [-0.39, 0.29) is 21.7 Å². The zero-order chi connectivity index (χ0) is 62.0. The van der Waals surface area contributed by atoms with Gasteiger partial charge in [0.25, 0.3) is 0 Å². The summed E-state index contributed by atoms with van der Waals surface area (Å²) in [5.74, 6) is 3.84. The van der Waals surface area contributed by atoms with Gasteiger partial charge in [0.05, 0.1) is 41.4 Å². The van der Waals surface area contributed by atoms with E-state index in [0.717, 1.165) is 50.4 Å². The van der Waals surface area contributed by atoms with Crippen molar-refractivity contribution in [3.8, 4) is 63.8 Å². The summed E-state index contributed by atoms with van der Waals surface area (Å²) < 4.78 is 25.7. The highest BCUT2D eigenvalue weighted by Crippen LogP contribution is 2.56. The Balaban J connectivity index is 0.755. The van der Waals surface area contributed by atoms with Crippen molar-refractivity contribution in [3.63, 3.8) is 0 Å². The van der Waals surface area contributed by atoms with Crippen LogP contribution in [0.1, 0.15) is 146 Å². The van der Waals surface area contributed by atoms with Crippen LogP contribution in [0.2, 0.25) is 0 Å². The largest absolute Gasteiger partial charge is 0.493 e. The molecule has 11 rings (SSSR count). The average molecular weight is 1150 g/mol. The van der Waals surface area contributed by atoms with Gasteiger partial charge in [0.1, 0.15) is 46.6 Å². The van der Waals surface area contributed by atoms with Crippen LogP contribution in [0, 0.1) is 40.9 Å². The molecule has 0 bridgehead atoms. The van der Waals surface area contributed by atoms with E-state index in [1.165, 1.54) is 38.9 Å². The van der Waals surface area contributed by atoms with E-state index in [1.807, 2.05) is 110 Å². The van der Waals surface area contributed by atoms with Gasteiger partial charge in [-0.25, -0.2) is 0 Å². The molecule has 0 amide bonds. The third-order valence-electron chi connectivity index (χ3n) is 18.0. The monoisotopic (exact) mass is 1150 g/mol. The second-order valence-electron chi connectivity index (χ2n) is 25.8. The lowest BCUT2D eigenvalue weighted by Gasteiger charge is -2.34. The van der Waals surface area contributed by atoms with Gasteiger partial charge in [-0.1, -0.05) is 226 Å². The first kappa shape index (κ1) is 59.6. The van der Waals surface area contributed by atoms with Crippen molar-refractivity contribution in [2.45, 2.75) is 103 Å². The molecule has 1 aliphatic rings. The average Bonchev–Trinajstić information content (AvgIpc) is 1.54. The number of rotatable bonds is 18. The van der Waals surface area contributed by atoms with Crippen LogP contribution in [0.4, 0.5) is 0 Å². The minimum Gasteiger partial charge on any atom is -0.493 e. The lowest BCUT2D eigenvalue weighted by Crippen LogP contribution is -2.28. The molecule has 88 heavy (non-hydrogen) atoms. The Morgan fingerprint density at radius 1 is 0.398 bits per heavy atom. The number of fused-ring (bicyclic) bond motifs is 3. The summed E-state index contributed by atoms with van der Waals surface area (Å²) in [5.41, 5.74) is 15.3. The number of nitriles is 3. The van der Waals surface area contributed by atoms with Gasteiger partial charge in [0.15, 0.2) is 0 Å². The van der Waals surface area contributed by atoms with Crippen molar-refractivity contribution in [1.29, 1.82) is 15.8 Å². The maximum atomic E-state index is 10.6. The van der Waals surface area contributed by atoms with Gasteiger partial charge in [-0.15, -0.1) is 0 Å². The summed E-state index contributed by atoms with van der Waals surface area (Å²) in [7, 11) is 0. The maximum Gasteiger partial charge on any atom is 0.145 e. The molecule has 0 N–H and O–H groups in total. The smallest absolute Gasteiger partial charge is 0.145 e. The molecule has 0 saturated carbocycles. The fourth-order valence-corrected chi connectivity index (χ4v) is 12.7. The van der Waals surface area contributed by atoms with Crippen molar-refractivity contribution in [2.75, 3.05) is 13.2 Å². The van der Waals surface area contributed by atoms with E-state index in [2.05, 4.69) is 202 Å². The van der Waals surface area contributed by atoms with Crippen LogP contribution in [0.3, 0.4) is 0 Å². The second-order valence-corrected chi connectivity index (χ2v) is 25.8. The molecule has 7 nitrogen and oxygen atoms in total. The van der Waals surface area contributed by atoms with E-state index >= 15 is 0 Å². The molecule has 10 aromatic carbocycles. The van der Waals surface area contributed by atoms with Crippen LogP contribution in [-0.4, -0.2) is 13.2 Å². The van der Waals surface area contributed by atoms with Gasteiger partial charge < -0.3 is 18.9 Å². The molecular weight excluding hydrogens is 1080 g/mol. The normalized spacial score (nSPS) is 12.6. The van der Waals surface area contributed by atoms with Crippen LogP contribution in [0.5, 0.6) is 34.5 Å². The highest BCUT2D eigenvalue weighted by atomic mass is 16.5. The lowest BCUT2D eigenvalue weighted by molar-refractivity contribution is 0.240. The number of hydrogen-bond donors (Lipinski definition) is 0. The van der Waals surface area contributed by atoms with E-state index in [9.17, 15) is 15.8 Å². The summed E-state index contributed by atoms with van der Waals surface area (Å²) in [6, 6.07) is 84.2. The predicted molar refractivity (Wildman–Crippen MR) is 352 cm³/mol. The lowest BCUT2D eigenvalue weighted by atomic mass is 9.68. The fourth-order valence-electron chi connectivity index (χ4n) is 12.7. The molecule has 436 valence electrons. The Morgan fingerprint density at radius 2 is 0.841 bits per heavy atom. The Bertz CT molecular complexity index is 4290. The van der Waals surface area contributed by atoms with Crippen LogP contribution in [0.15, 0.2) is 224 Å². The predicted octanol–water partition coefficient (Wildman–Crippen LogP) is 19.5. The zero-order valence-electron chi connectivity index (χ0n) is 52.0. The number of nitrogens with zero attached hydrogens (tertiary/aromatic N) is 3. The molecular formula is C81H73N3O4. The Labute approximate surface area is 519 Å². The molecule has 7 heteroatoms. The Morgan fingerprint density at radius 3 is 1.38 bits per heavy atom. The van der Waals surface area contributed by atoms with E-state index in [4.69, 9.17) is 18.9 Å². The molecule has 0 aliphatic heterocycles. The van der Waals surface area contributed by atoms with E-state index < -0.39 is 5.41 Å². The molecule has 1 aliphatic carbocycles. The molecule has 0 aromatic heterocycles. The van der Waals surface area contributed by atoms with Crippen LogP contribution >= 0.6 is 0 Å². The van der Waals surface area contributed by atoms with Crippen molar-refractivity contribution >= 4 is 0 Å². The van der Waals surface area contributed by atoms with Gasteiger partial charge >= 0.3 is 0 Å². The maximum absolute atomic E-state index is 10.6. The van der Waals surface area contributed by atoms with Gasteiger partial charge in [-0.2, -0.15) is 15.8 Å². The molecule has 10 aromatic rings. The standard InChI is InChI=1S/C81H73N3O4/c1-54-19-15-28-72(68(54)50-82)78(5,6)53-86-63-39-31-56(32-40-63)79(7,8)60-21-17-22-61(49-60)80(9,10)57-33-43-64(44-34-57)87-75-29-16-20-55(69(75)51-83)47-48-85-62-41-35-58(36-42-62)81(73-25-13-11-23-66(73)67-24-12-14-26-74(67)81)59-37-45-65(46-38-59)88-76-30-18-27-71(70(76)52-84)77(2,3)4/h11-46,49H,47-48,53H2,1-10H3.